The summed E-state index contributed by atoms with van der Waals surface area (Å²) in [6, 6.07) is 25.5. The Kier molecular flexibility index (Phi) is 13.5. The number of anilines is 1. The molecule has 6 N–H and O–H groups in total. The normalized spacial score (nSPS) is 19.1. The molecule has 63 heavy (non-hydrogen) atoms. The van der Waals surface area contributed by atoms with Crippen LogP contribution in [0.2, 0.25) is 0 Å². The van der Waals surface area contributed by atoms with Crippen LogP contribution in [0.15, 0.2) is 89.6 Å². The molecular weight excluding hydrogens is 804 g/mol. The molecule has 8 rings (SSSR count). The van der Waals surface area contributed by atoms with E-state index in [0.29, 0.717) is 47.1 Å². The first kappa shape index (κ1) is 47.4. The number of aromatic nitrogens is 4. The fourth-order valence-electron chi connectivity index (χ4n) is 9.61. The van der Waals surface area contributed by atoms with E-state index in [4.69, 9.17) is 20.9 Å². The van der Waals surface area contributed by atoms with Crippen LogP contribution in [0, 0.1) is 48.3 Å². The largest absolute Gasteiger partial charge is 0.420 e. The first-order valence-electron chi connectivity index (χ1n) is 20.5. The maximum atomic E-state index is 13.9. The number of aryl methyl sites for hydroxylation is 3. The summed E-state index contributed by atoms with van der Waals surface area (Å²) in [6.07, 6.45) is -1.80. The highest BCUT2D eigenvalue weighted by molar-refractivity contribution is 5.70. The molecule has 1 saturated heterocycles. The number of nitriles is 2. The number of halogens is 3. The average molecular weight is 862 g/mol. The van der Waals surface area contributed by atoms with Crippen molar-refractivity contribution in [3.8, 4) is 35.0 Å². The van der Waals surface area contributed by atoms with Crippen molar-refractivity contribution in [2.75, 3.05) is 18.0 Å². The van der Waals surface area contributed by atoms with Gasteiger partial charge in [-0.1, -0.05) is 91.9 Å². The van der Waals surface area contributed by atoms with Crippen molar-refractivity contribution in [1.82, 2.24) is 20.4 Å². The molecule has 14 heteroatoms. The minimum atomic E-state index is -4.54. The Bertz CT molecular complexity index is 2620. The van der Waals surface area contributed by atoms with Gasteiger partial charge in [0.05, 0.1) is 27.5 Å². The van der Waals surface area contributed by atoms with Gasteiger partial charge in [-0.25, -0.2) is 0 Å². The molecule has 3 aliphatic rings. The number of aromatic amines is 2. The Balaban J connectivity index is 0.000000230. The average Bonchev–Trinajstić information content (AvgIpc) is 4.00. The smallest absolute Gasteiger partial charge is 0.416 e. The van der Waals surface area contributed by atoms with Gasteiger partial charge >= 0.3 is 6.18 Å². The Hall–Kier alpha value is -6.67. The Morgan fingerprint density at radius 3 is 1.68 bits per heavy atom. The third-order valence-corrected chi connectivity index (χ3v) is 12.4. The Morgan fingerprint density at radius 2 is 1.24 bits per heavy atom. The van der Waals surface area contributed by atoms with Crippen LogP contribution in [0.3, 0.4) is 0 Å². The van der Waals surface area contributed by atoms with E-state index in [0.717, 1.165) is 53.3 Å². The lowest BCUT2D eigenvalue weighted by molar-refractivity contribution is -0.137. The van der Waals surface area contributed by atoms with Gasteiger partial charge in [-0.15, -0.1) is 10.2 Å². The second-order valence-corrected chi connectivity index (χ2v) is 16.5. The van der Waals surface area contributed by atoms with Crippen molar-refractivity contribution in [2.45, 2.75) is 99.6 Å². The van der Waals surface area contributed by atoms with Gasteiger partial charge in [-0.3, -0.25) is 10.2 Å². The van der Waals surface area contributed by atoms with Gasteiger partial charge in [0.2, 0.25) is 23.5 Å². The highest BCUT2D eigenvalue weighted by atomic mass is 19.4. The molecular formula is C49H58F3N9O2. The minimum Gasteiger partial charge on any atom is -0.420 e. The lowest BCUT2D eigenvalue weighted by Gasteiger charge is -2.41. The predicted octanol–water partition coefficient (Wildman–Crippen LogP) is 10.6. The summed E-state index contributed by atoms with van der Waals surface area (Å²) >= 11 is 0. The molecule has 5 heterocycles. The number of alkyl halides is 3. The molecule has 0 radical (unpaired) electrons. The van der Waals surface area contributed by atoms with E-state index in [9.17, 15) is 23.7 Å². The number of allylic oxidation sites excluding steroid dienone is 2. The lowest BCUT2D eigenvalue weighted by atomic mass is 9.61. The third-order valence-electron chi connectivity index (χ3n) is 12.4. The van der Waals surface area contributed by atoms with E-state index < -0.39 is 22.6 Å². The summed E-state index contributed by atoms with van der Waals surface area (Å²) in [6.45, 7) is 15.2. The molecule has 3 aliphatic heterocycles. The van der Waals surface area contributed by atoms with Gasteiger partial charge < -0.3 is 25.8 Å². The Labute approximate surface area is 368 Å². The fourth-order valence-corrected chi connectivity index (χ4v) is 9.61. The number of ether oxygens (including phenoxy) is 2. The number of nitrogens with two attached hydrogens (primary N) is 2. The molecule has 332 valence electrons. The zero-order chi connectivity index (χ0) is 44.0. The van der Waals surface area contributed by atoms with Gasteiger partial charge in [0.1, 0.15) is 23.3 Å². The topological polar surface area (TPSA) is 179 Å². The molecule has 0 amide bonds. The molecule has 5 aromatic rings. The monoisotopic (exact) mass is 861 g/mol. The second-order valence-electron chi connectivity index (χ2n) is 16.5. The van der Waals surface area contributed by atoms with Gasteiger partial charge in [-0.2, -0.15) is 23.7 Å². The minimum absolute atomic E-state index is 0. The van der Waals surface area contributed by atoms with E-state index in [1.165, 1.54) is 11.6 Å². The predicted molar refractivity (Wildman–Crippen MR) is 240 cm³/mol. The van der Waals surface area contributed by atoms with Gasteiger partial charge in [0.15, 0.2) is 0 Å². The van der Waals surface area contributed by atoms with Crippen molar-refractivity contribution < 1.29 is 22.6 Å². The summed E-state index contributed by atoms with van der Waals surface area (Å²) in [5.74, 6) is 0.335. The number of hydrogen-bond donors (Lipinski definition) is 4. The number of nitrogens with one attached hydrogen (secondary N) is 2. The van der Waals surface area contributed by atoms with Crippen molar-refractivity contribution in [2.24, 2.45) is 23.3 Å². The first-order valence-corrected chi connectivity index (χ1v) is 20.5. The number of rotatable bonds is 7. The quantitative estimate of drug-likeness (QED) is 0.124. The second kappa shape index (κ2) is 18.0. The Morgan fingerprint density at radius 1 is 0.746 bits per heavy atom. The zero-order valence-electron chi connectivity index (χ0n) is 35.4. The van der Waals surface area contributed by atoms with E-state index in [1.807, 2.05) is 43.9 Å². The van der Waals surface area contributed by atoms with Crippen LogP contribution in [-0.4, -0.2) is 33.5 Å². The summed E-state index contributed by atoms with van der Waals surface area (Å²) in [4.78, 5) is 1.95. The van der Waals surface area contributed by atoms with Crippen molar-refractivity contribution in [1.29, 1.82) is 10.5 Å². The van der Waals surface area contributed by atoms with Crippen molar-refractivity contribution in [3.63, 3.8) is 0 Å². The van der Waals surface area contributed by atoms with Crippen LogP contribution in [0.4, 0.5) is 18.9 Å². The van der Waals surface area contributed by atoms with Crippen LogP contribution < -0.4 is 25.8 Å². The van der Waals surface area contributed by atoms with E-state index >= 15 is 0 Å². The lowest BCUT2D eigenvalue weighted by Crippen LogP contribution is -2.41. The van der Waals surface area contributed by atoms with Gasteiger partial charge in [-0.05, 0) is 97.0 Å². The first-order chi connectivity index (χ1) is 29.0. The number of H-pyrrole nitrogens is 2. The molecule has 0 bridgehead atoms. The van der Waals surface area contributed by atoms with Crippen LogP contribution in [0.1, 0.15) is 107 Å². The summed E-state index contributed by atoms with van der Waals surface area (Å²) in [5, 5.41) is 34.6. The summed E-state index contributed by atoms with van der Waals surface area (Å²) in [7, 11) is 0. The third kappa shape index (κ3) is 7.77. The zero-order valence-corrected chi connectivity index (χ0v) is 35.4. The van der Waals surface area contributed by atoms with Crippen LogP contribution in [-0.2, 0) is 23.4 Å². The number of hydrogen-bond acceptors (Lipinski definition) is 9. The molecule has 0 spiro atoms. The number of fused-ring (bicyclic) bond motifs is 2. The molecule has 2 aromatic heterocycles. The maximum absolute atomic E-state index is 13.9. The molecule has 2 atom stereocenters. The van der Waals surface area contributed by atoms with Crippen LogP contribution >= 0.6 is 0 Å². The summed E-state index contributed by atoms with van der Waals surface area (Å²) in [5.41, 5.74) is 18.4. The highest BCUT2D eigenvalue weighted by Crippen LogP contribution is 2.55. The standard InChI is InChI=1S/C25H26N4O.C22H24F3N5O.2CH4/c1-5-17-11-19(18-9-7-6-8-10-18)13-20(12-17)25(15(2)3)21(14-26)23(27)30-24-22(25)16(4)28-29-24;1-12(2)21(17(11-26)19(27)31-20-18(21)13(3)28-29-20)14-8-15(22(23,24)25)10-16(9-14)30-6-4-5-7-30;;/h6-13,15H,5,27H2,1-4H3,(H,28,29);8-10,12H,4-7,27H2,1-3H3,(H,28,29);2*1H4. The molecule has 2 unspecified atom stereocenters. The van der Waals surface area contributed by atoms with E-state index in [1.54, 1.807) is 13.0 Å². The van der Waals surface area contributed by atoms with E-state index in [2.05, 4.69) is 83.6 Å². The number of nitrogens with zero attached hydrogens (tertiary/aromatic N) is 5. The molecule has 0 saturated carbocycles. The number of benzene rings is 3. The van der Waals surface area contributed by atoms with Gasteiger partial charge in [0.25, 0.3) is 0 Å². The SMILES string of the molecule is C.C.CCc1cc(-c2ccccc2)cc(C2(C(C)C)C(C#N)=C(N)Oc3n[nH]c(C)c32)c1.Cc1[nH]nc2c1C(c1cc(N3CCCC3)cc(C(F)(F)F)c1)(C(C)C)C(C#N)=C(N)O2. The van der Waals surface area contributed by atoms with Crippen molar-refractivity contribution in [3.05, 3.63) is 134 Å². The molecule has 1 fully saturated rings. The molecule has 3 aromatic carbocycles. The van der Waals surface area contributed by atoms with Crippen LogP contribution in [0.25, 0.3) is 11.1 Å². The molecule has 0 aliphatic carbocycles. The summed E-state index contributed by atoms with van der Waals surface area (Å²) < 4.78 is 53.1. The molecule has 11 nitrogen and oxygen atoms in total. The fraction of sp³-hybridized carbons (Fsp3) is 0.388. The maximum Gasteiger partial charge on any atom is 0.416 e. The van der Waals surface area contributed by atoms with Crippen LogP contribution in [0.5, 0.6) is 11.8 Å². The highest BCUT2D eigenvalue weighted by Gasteiger charge is 2.52. The van der Waals surface area contributed by atoms with Gasteiger partial charge in [0, 0.05) is 30.2 Å². The van der Waals surface area contributed by atoms with E-state index in [-0.39, 0.29) is 49.9 Å². The van der Waals surface area contributed by atoms with Crippen molar-refractivity contribution >= 4 is 5.69 Å².